The van der Waals surface area contributed by atoms with Crippen LogP contribution in [0.5, 0.6) is 0 Å². The Labute approximate surface area is 380 Å². The highest BCUT2D eigenvalue weighted by Crippen LogP contribution is 2.18. The van der Waals surface area contributed by atoms with Gasteiger partial charge in [0.25, 0.3) is 0 Å². The van der Waals surface area contributed by atoms with Crippen LogP contribution in [0.3, 0.4) is 0 Å². The number of ether oxygens (including phenoxy) is 1. The van der Waals surface area contributed by atoms with Gasteiger partial charge in [0, 0.05) is 6.42 Å². The zero-order chi connectivity index (χ0) is 44.5. The van der Waals surface area contributed by atoms with Gasteiger partial charge in [0.15, 0.2) is 0 Å². The molecule has 0 bridgehead atoms. The number of carbonyl (C=O) groups is 2. The summed E-state index contributed by atoms with van der Waals surface area (Å²) in [4.78, 5) is 26.1. The number of hydrogen-bond donors (Lipinski definition) is 3. The summed E-state index contributed by atoms with van der Waals surface area (Å²) in [6.07, 6.45) is 55.7. The third-order valence-corrected chi connectivity index (χ3v) is 12.8. The Morgan fingerprint density at radius 2 is 0.803 bits per heavy atom. The number of aliphatic hydroxyl groups excluding tert-OH is 2. The van der Waals surface area contributed by atoms with Crippen LogP contribution in [0.4, 0.5) is 0 Å². The number of aliphatic hydroxyl groups is 2. The van der Waals surface area contributed by atoms with Crippen molar-refractivity contribution >= 4 is 11.9 Å². The van der Waals surface area contributed by atoms with E-state index in [0.29, 0.717) is 19.3 Å². The highest BCUT2D eigenvalue weighted by molar-refractivity contribution is 5.77. The molecule has 6 nitrogen and oxygen atoms in total. The minimum absolute atomic E-state index is 0.0638. The maximum Gasteiger partial charge on any atom is 0.306 e. The quantitative estimate of drug-likeness (QED) is 0.0322. The standard InChI is InChI=1S/C55H107NO5/c1-4-7-10-13-16-19-22-24-25-26-27-28-29-30-33-36-39-42-45-48-55(60)61-51(46-43-40-37-34-32-23-20-17-14-11-8-5-2)49-54(59)56-52(50-57)53(58)47-44-41-38-35-31-21-18-15-12-9-6-3/h34,37,51-53,57-58H,4-33,35-36,38-50H2,1-3H3,(H,56,59)/b37-34-. The van der Waals surface area contributed by atoms with Crippen molar-refractivity contribution in [2.75, 3.05) is 6.61 Å². The van der Waals surface area contributed by atoms with Gasteiger partial charge in [0.2, 0.25) is 5.91 Å². The summed E-state index contributed by atoms with van der Waals surface area (Å²) in [6.45, 7) is 6.49. The number of allylic oxidation sites excluding steroid dienone is 2. The molecule has 0 aliphatic rings. The first-order chi connectivity index (χ1) is 30.0. The second-order valence-corrected chi connectivity index (χ2v) is 19.0. The van der Waals surface area contributed by atoms with E-state index in [1.807, 2.05) is 0 Å². The average Bonchev–Trinajstić information content (AvgIpc) is 3.25. The third kappa shape index (κ3) is 45.0. The maximum atomic E-state index is 13.2. The molecule has 0 saturated carbocycles. The van der Waals surface area contributed by atoms with E-state index in [-0.39, 0.29) is 24.9 Å². The number of esters is 1. The van der Waals surface area contributed by atoms with Crippen molar-refractivity contribution in [3.63, 3.8) is 0 Å². The summed E-state index contributed by atoms with van der Waals surface area (Å²) in [5, 5.41) is 23.7. The molecule has 0 aromatic heterocycles. The maximum absolute atomic E-state index is 13.2. The first-order valence-corrected chi connectivity index (χ1v) is 27.4. The molecule has 0 saturated heterocycles. The van der Waals surface area contributed by atoms with Crippen molar-refractivity contribution in [1.82, 2.24) is 5.32 Å². The van der Waals surface area contributed by atoms with E-state index in [9.17, 15) is 19.8 Å². The van der Waals surface area contributed by atoms with E-state index in [1.54, 1.807) is 0 Å². The molecule has 0 aliphatic heterocycles. The molecule has 1 amide bonds. The fourth-order valence-electron chi connectivity index (χ4n) is 8.67. The number of hydrogen-bond acceptors (Lipinski definition) is 5. The van der Waals surface area contributed by atoms with Crippen LogP contribution in [-0.4, -0.2) is 46.9 Å². The Bertz CT molecular complexity index is 924. The van der Waals surface area contributed by atoms with Crippen LogP contribution in [0.15, 0.2) is 12.2 Å². The molecule has 362 valence electrons. The summed E-state index contributed by atoms with van der Waals surface area (Å²) in [5.74, 6) is -0.484. The van der Waals surface area contributed by atoms with Crippen molar-refractivity contribution in [3.05, 3.63) is 12.2 Å². The molecule has 3 unspecified atom stereocenters. The van der Waals surface area contributed by atoms with E-state index in [1.165, 1.54) is 205 Å². The van der Waals surface area contributed by atoms with Crippen LogP contribution >= 0.6 is 0 Å². The molecule has 0 aromatic rings. The molecule has 3 atom stereocenters. The van der Waals surface area contributed by atoms with Crippen molar-refractivity contribution in [2.24, 2.45) is 0 Å². The van der Waals surface area contributed by atoms with Gasteiger partial charge in [-0.05, 0) is 44.9 Å². The van der Waals surface area contributed by atoms with Crippen LogP contribution in [0.25, 0.3) is 0 Å². The van der Waals surface area contributed by atoms with Gasteiger partial charge in [0.05, 0.1) is 25.2 Å². The van der Waals surface area contributed by atoms with Gasteiger partial charge in [0.1, 0.15) is 6.10 Å². The molecule has 0 radical (unpaired) electrons. The minimum atomic E-state index is -0.788. The molecule has 0 fully saturated rings. The SMILES string of the molecule is CCCCCCCCC/C=C\CCCC(CC(=O)NC(CO)C(O)CCCCCCCCCCCCC)OC(=O)CCCCCCCCCCCCCCCCCCCCC. The Hall–Kier alpha value is -1.40. The molecular formula is C55H107NO5. The third-order valence-electron chi connectivity index (χ3n) is 12.8. The normalized spacial score (nSPS) is 13.2. The summed E-state index contributed by atoms with van der Waals surface area (Å²) in [5.41, 5.74) is 0. The number of rotatable bonds is 50. The zero-order valence-electron chi connectivity index (χ0n) is 41.3. The Morgan fingerprint density at radius 1 is 0.459 bits per heavy atom. The second kappa shape index (κ2) is 49.6. The molecule has 6 heteroatoms. The highest BCUT2D eigenvalue weighted by Gasteiger charge is 2.24. The van der Waals surface area contributed by atoms with Crippen LogP contribution in [0, 0.1) is 0 Å². The Morgan fingerprint density at radius 3 is 1.20 bits per heavy atom. The molecule has 0 spiro atoms. The zero-order valence-corrected chi connectivity index (χ0v) is 41.3. The molecule has 61 heavy (non-hydrogen) atoms. The summed E-state index contributed by atoms with van der Waals surface area (Å²) >= 11 is 0. The summed E-state index contributed by atoms with van der Waals surface area (Å²) in [7, 11) is 0. The van der Waals surface area contributed by atoms with E-state index in [2.05, 4.69) is 38.2 Å². The molecular weight excluding hydrogens is 755 g/mol. The lowest BCUT2D eigenvalue weighted by Gasteiger charge is -2.24. The fraction of sp³-hybridized carbons (Fsp3) is 0.927. The average molecular weight is 862 g/mol. The largest absolute Gasteiger partial charge is 0.462 e. The minimum Gasteiger partial charge on any atom is -0.462 e. The van der Waals surface area contributed by atoms with E-state index >= 15 is 0 Å². The van der Waals surface area contributed by atoms with Crippen LogP contribution < -0.4 is 5.32 Å². The van der Waals surface area contributed by atoms with E-state index in [0.717, 1.165) is 51.4 Å². The first-order valence-electron chi connectivity index (χ1n) is 27.4. The van der Waals surface area contributed by atoms with E-state index in [4.69, 9.17) is 4.74 Å². The number of unbranched alkanes of at least 4 members (excludes halogenated alkanes) is 36. The van der Waals surface area contributed by atoms with Crippen LogP contribution in [-0.2, 0) is 14.3 Å². The molecule has 3 N–H and O–H groups in total. The fourth-order valence-corrected chi connectivity index (χ4v) is 8.67. The predicted molar refractivity (Wildman–Crippen MR) is 264 cm³/mol. The van der Waals surface area contributed by atoms with Gasteiger partial charge in [-0.15, -0.1) is 0 Å². The first kappa shape index (κ1) is 59.6. The number of amides is 1. The Balaban J connectivity index is 4.46. The summed E-state index contributed by atoms with van der Waals surface area (Å²) < 4.78 is 5.93. The van der Waals surface area contributed by atoms with Gasteiger partial charge in [-0.2, -0.15) is 0 Å². The van der Waals surface area contributed by atoms with Gasteiger partial charge < -0.3 is 20.3 Å². The second-order valence-electron chi connectivity index (χ2n) is 19.0. The molecule has 0 heterocycles. The van der Waals surface area contributed by atoms with Crippen molar-refractivity contribution < 1.29 is 24.5 Å². The van der Waals surface area contributed by atoms with Gasteiger partial charge in [-0.25, -0.2) is 0 Å². The lowest BCUT2D eigenvalue weighted by Crippen LogP contribution is -2.46. The monoisotopic (exact) mass is 862 g/mol. The smallest absolute Gasteiger partial charge is 0.306 e. The van der Waals surface area contributed by atoms with Gasteiger partial charge >= 0.3 is 5.97 Å². The number of carbonyl (C=O) groups excluding carboxylic acids is 2. The van der Waals surface area contributed by atoms with Crippen molar-refractivity contribution in [2.45, 2.75) is 322 Å². The van der Waals surface area contributed by atoms with Crippen LogP contribution in [0.1, 0.15) is 303 Å². The molecule has 0 rings (SSSR count). The van der Waals surface area contributed by atoms with E-state index < -0.39 is 18.2 Å². The number of nitrogens with one attached hydrogen (secondary N) is 1. The lowest BCUT2D eigenvalue weighted by molar-refractivity contribution is -0.151. The van der Waals surface area contributed by atoms with Gasteiger partial charge in [-0.1, -0.05) is 258 Å². The van der Waals surface area contributed by atoms with Crippen LogP contribution in [0.2, 0.25) is 0 Å². The predicted octanol–water partition coefficient (Wildman–Crippen LogP) is 16.5. The van der Waals surface area contributed by atoms with Crippen molar-refractivity contribution in [3.8, 4) is 0 Å². The highest BCUT2D eigenvalue weighted by atomic mass is 16.5. The lowest BCUT2D eigenvalue weighted by atomic mass is 10.0. The molecule has 0 aliphatic carbocycles. The topological polar surface area (TPSA) is 95.9 Å². The van der Waals surface area contributed by atoms with Crippen molar-refractivity contribution in [1.29, 1.82) is 0 Å². The summed E-state index contributed by atoms with van der Waals surface area (Å²) in [6, 6.07) is -0.703. The molecule has 0 aromatic carbocycles. The Kier molecular flexibility index (Phi) is 48.5. The van der Waals surface area contributed by atoms with Gasteiger partial charge in [-0.3, -0.25) is 9.59 Å².